The van der Waals surface area contributed by atoms with E-state index < -0.39 is 38.8 Å². The van der Waals surface area contributed by atoms with Gasteiger partial charge in [0.15, 0.2) is 0 Å². The molecular formula is C25H28ClF3N2O4S. The second-order valence-electron chi connectivity index (χ2n) is 9.66. The number of ether oxygens (including phenoxy) is 1. The third kappa shape index (κ3) is 6.33. The Hall–Kier alpha value is -2.30. The third-order valence-corrected chi connectivity index (χ3v) is 7.66. The van der Waals surface area contributed by atoms with E-state index in [0.29, 0.717) is 23.7 Å². The Balaban J connectivity index is 1.42. The number of halogens is 4. The molecule has 1 saturated carbocycles. The highest BCUT2D eigenvalue weighted by Gasteiger charge is 2.38. The van der Waals surface area contributed by atoms with Gasteiger partial charge >= 0.3 is 0 Å². The molecule has 11 heteroatoms. The first kappa shape index (κ1) is 26.8. The predicted octanol–water partition coefficient (Wildman–Crippen LogP) is 5.13. The van der Waals surface area contributed by atoms with Crippen LogP contribution in [0.5, 0.6) is 5.75 Å². The molecule has 1 aliphatic carbocycles. The fourth-order valence-corrected chi connectivity index (χ4v) is 5.28. The Labute approximate surface area is 213 Å². The number of likely N-dealkylation sites (tertiary alicyclic amines) is 1. The van der Waals surface area contributed by atoms with Crippen molar-refractivity contribution < 1.29 is 31.1 Å². The lowest BCUT2D eigenvalue weighted by molar-refractivity contribution is 0.00615. The number of hydrogen-bond acceptors (Lipinski definition) is 5. The summed E-state index contributed by atoms with van der Waals surface area (Å²) in [6.45, 7) is 2.53. The molecule has 1 aliphatic heterocycles. The van der Waals surface area contributed by atoms with Crippen molar-refractivity contribution in [2.75, 3.05) is 26.0 Å². The number of nitrogens with one attached hydrogen (secondary N) is 1. The molecule has 2 aromatic rings. The Bertz CT molecular complexity index is 1260. The van der Waals surface area contributed by atoms with Crippen molar-refractivity contribution in [3.63, 3.8) is 0 Å². The molecule has 0 radical (unpaired) electrons. The number of sulfonamides is 1. The summed E-state index contributed by atoms with van der Waals surface area (Å²) in [4.78, 5) is 14.3. The lowest BCUT2D eigenvalue weighted by Gasteiger charge is -2.39. The predicted molar refractivity (Wildman–Crippen MR) is 131 cm³/mol. The number of carbonyl (C=O) groups excluding carboxylic acids is 1. The van der Waals surface area contributed by atoms with Gasteiger partial charge in [-0.1, -0.05) is 17.7 Å². The van der Waals surface area contributed by atoms with E-state index in [1.165, 1.54) is 18.2 Å². The van der Waals surface area contributed by atoms with Gasteiger partial charge in [-0.15, -0.1) is 0 Å². The van der Waals surface area contributed by atoms with Crippen molar-refractivity contribution >= 4 is 27.5 Å². The average molecular weight is 545 g/mol. The van der Waals surface area contributed by atoms with Crippen LogP contribution in [0.25, 0.3) is 0 Å². The van der Waals surface area contributed by atoms with Crippen molar-refractivity contribution in [3.8, 4) is 5.75 Å². The number of benzene rings is 2. The number of carbonyl (C=O) groups is 1. The van der Waals surface area contributed by atoms with Gasteiger partial charge in [-0.2, -0.15) is 0 Å². The first-order chi connectivity index (χ1) is 16.8. The minimum atomic E-state index is -3.86. The highest BCUT2D eigenvalue weighted by molar-refractivity contribution is 7.89. The second-order valence-corrected chi connectivity index (χ2v) is 11.8. The van der Waals surface area contributed by atoms with Gasteiger partial charge in [0.2, 0.25) is 10.0 Å². The van der Waals surface area contributed by atoms with E-state index in [-0.39, 0.29) is 37.2 Å². The molecule has 4 rings (SSSR count). The van der Waals surface area contributed by atoms with Crippen LogP contribution in [-0.4, -0.2) is 50.8 Å². The smallest absolute Gasteiger partial charge is 0.267 e. The third-order valence-electron chi connectivity index (χ3n) is 6.78. The van der Waals surface area contributed by atoms with Gasteiger partial charge < -0.3 is 4.74 Å². The molecule has 1 atom stereocenters. The maximum atomic E-state index is 15.6. The molecule has 1 N–H and O–H groups in total. The van der Waals surface area contributed by atoms with Gasteiger partial charge in [0.05, 0.1) is 11.8 Å². The molecule has 196 valence electrons. The van der Waals surface area contributed by atoms with E-state index in [1.807, 2.05) is 6.92 Å². The number of amides is 1. The summed E-state index contributed by atoms with van der Waals surface area (Å²) in [6, 6.07) is 6.45. The zero-order valence-electron chi connectivity index (χ0n) is 20.0. The quantitative estimate of drug-likeness (QED) is 0.499. The molecule has 0 spiro atoms. The van der Waals surface area contributed by atoms with Gasteiger partial charge in [0.25, 0.3) is 5.91 Å². The minimum Gasteiger partial charge on any atom is -0.490 e. The van der Waals surface area contributed by atoms with E-state index in [9.17, 15) is 22.0 Å². The van der Waals surface area contributed by atoms with Crippen molar-refractivity contribution in [3.05, 3.63) is 63.7 Å². The number of rotatable bonds is 8. The number of alkyl halides is 1. The monoisotopic (exact) mass is 544 g/mol. The Morgan fingerprint density at radius 1 is 1.22 bits per heavy atom. The van der Waals surface area contributed by atoms with Crippen LogP contribution in [0.1, 0.15) is 66.1 Å². The number of piperidine rings is 1. The van der Waals surface area contributed by atoms with Crippen molar-refractivity contribution in [1.29, 1.82) is 0 Å². The molecule has 1 amide bonds. The molecule has 1 saturated heterocycles. The molecule has 2 fully saturated rings. The lowest BCUT2D eigenvalue weighted by Crippen LogP contribution is -2.45. The van der Waals surface area contributed by atoms with Crippen LogP contribution in [0.3, 0.4) is 0 Å². The molecule has 36 heavy (non-hydrogen) atoms. The first-order valence-corrected chi connectivity index (χ1v) is 14.0. The molecule has 0 aromatic heterocycles. The van der Waals surface area contributed by atoms with Crippen LogP contribution < -0.4 is 9.46 Å². The highest BCUT2D eigenvalue weighted by atomic mass is 35.5. The van der Waals surface area contributed by atoms with Crippen LogP contribution >= 0.6 is 11.6 Å². The molecule has 2 aromatic carbocycles. The van der Waals surface area contributed by atoms with Crippen molar-refractivity contribution in [2.45, 2.75) is 50.2 Å². The maximum absolute atomic E-state index is 15.6. The van der Waals surface area contributed by atoms with Crippen molar-refractivity contribution in [1.82, 2.24) is 9.62 Å². The molecule has 1 heterocycles. The zero-order valence-corrected chi connectivity index (χ0v) is 21.6. The summed E-state index contributed by atoms with van der Waals surface area (Å²) in [6.07, 6.45) is 2.81. The summed E-state index contributed by atoms with van der Waals surface area (Å²) in [5, 5.41) is 0.325. The van der Waals surface area contributed by atoms with E-state index in [2.05, 4.69) is 4.90 Å². The number of hydrogen-bond donors (Lipinski definition) is 1. The first-order valence-electron chi connectivity index (χ1n) is 11.7. The Morgan fingerprint density at radius 2 is 1.89 bits per heavy atom. The largest absolute Gasteiger partial charge is 0.490 e. The second kappa shape index (κ2) is 10.2. The van der Waals surface area contributed by atoms with Crippen LogP contribution in [0.2, 0.25) is 5.02 Å². The standard InChI is InChI=1S/C25H28ClF3N2O4S/c1-15(18-6-5-17(27)11-21(18)26)31-9-7-25(29,8-10-31)14-35-23-13-22(28)20(12-19(23)16-3-4-16)24(32)30-36(2,33)34/h5-6,11-13,15-16H,3-4,7-10,14H2,1-2H3,(H,30,32). The SMILES string of the molecule is CC(c1ccc(F)cc1Cl)N1CCC(F)(COc2cc(F)c(C(=O)NS(C)(=O)=O)cc2C2CC2)CC1. The summed E-state index contributed by atoms with van der Waals surface area (Å²) in [5.41, 5.74) is -0.695. The van der Waals surface area contributed by atoms with Gasteiger partial charge in [-0.3, -0.25) is 9.69 Å². The topological polar surface area (TPSA) is 75.7 Å². The van der Waals surface area contributed by atoms with Gasteiger partial charge in [0, 0.05) is 30.2 Å². The Morgan fingerprint density at radius 3 is 2.47 bits per heavy atom. The van der Waals surface area contributed by atoms with Gasteiger partial charge in [-0.05, 0) is 67.9 Å². The lowest BCUT2D eigenvalue weighted by atomic mass is 9.92. The summed E-state index contributed by atoms with van der Waals surface area (Å²) in [5.74, 6) is -2.21. The van der Waals surface area contributed by atoms with Gasteiger partial charge in [0.1, 0.15) is 29.7 Å². The molecule has 6 nitrogen and oxygen atoms in total. The van der Waals surface area contributed by atoms with E-state index in [1.54, 1.807) is 10.8 Å². The minimum absolute atomic E-state index is 0.0455. The molecule has 0 bridgehead atoms. The number of nitrogens with zero attached hydrogens (tertiary/aromatic N) is 1. The highest BCUT2D eigenvalue weighted by Crippen LogP contribution is 2.45. The molecule has 1 unspecified atom stereocenters. The van der Waals surface area contributed by atoms with Crippen LogP contribution in [0.4, 0.5) is 13.2 Å². The summed E-state index contributed by atoms with van der Waals surface area (Å²) in [7, 11) is -3.86. The zero-order chi connectivity index (χ0) is 26.3. The maximum Gasteiger partial charge on any atom is 0.267 e. The van der Waals surface area contributed by atoms with E-state index >= 15 is 4.39 Å². The van der Waals surface area contributed by atoms with Crippen molar-refractivity contribution in [2.24, 2.45) is 0 Å². The van der Waals surface area contributed by atoms with Crippen LogP contribution in [-0.2, 0) is 10.0 Å². The van der Waals surface area contributed by atoms with E-state index in [0.717, 1.165) is 30.7 Å². The molecule has 2 aliphatic rings. The van der Waals surface area contributed by atoms with E-state index in [4.69, 9.17) is 16.3 Å². The fraction of sp³-hybridized carbons (Fsp3) is 0.480. The molecular weight excluding hydrogens is 517 g/mol. The normalized spacial score (nSPS) is 19.1. The fourth-order valence-electron chi connectivity index (χ4n) is 4.51. The summed E-state index contributed by atoms with van der Waals surface area (Å²) >= 11 is 6.19. The van der Waals surface area contributed by atoms with Gasteiger partial charge in [-0.25, -0.2) is 26.3 Å². The van der Waals surface area contributed by atoms with Crippen LogP contribution in [0, 0.1) is 11.6 Å². The Kier molecular flexibility index (Phi) is 7.60. The average Bonchev–Trinajstić information content (AvgIpc) is 3.62. The van der Waals surface area contributed by atoms with Crippen LogP contribution in [0.15, 0.2) is 30.3 Å². The summed E-state index contributed by atoms with van der Waals surface area (Å²) < 4.78 is 74.0.